The van der Waals surface area contributed by atoms with Crippen molar-refractivity contribution in [3.05, 3.63) is 22.4 Å². The number of nitrogens with zero attached hydrogens (tertiary/aromatic N) is 3. The number of aromatic amines is 1. The third-order valence-electron chi connectivity index (χ3n) is 3.25. The highest BCUT2D eigenvalue weighted by Crippen LogP contribution is 2.19. The molecule has 0 aromatic carbocycles. The van der Waals surface area contributed by atoms with Crippen molar-refractivity contribution in [3.8, 4) is 0 Å². The highest BCUT2D eigenvalue weighted by molar-refractivity contribution is 5.49. The molecule has 1 unspecified atom stereocenters. The van der Waals surface area contributed by atoms with Crippen LogP contribution in [0.25, 0.3) is 5.65 Å². The molecule has 2 aromatic heterocycles. The second-order valence-electron chi connectivity index (χ2n) is 4.79. The zero-order valence-corrected chi connectivity index (χ0v) is 10.5. The van der Waals surface area contributed by atoms with E-state index < -0.39 is 5.60 Å². The quantitative estimate of drug-likeness (QED) is 0.677. The molecule has 0 saturated carbocycles. The van der Waals surface area contributed by atoms with E-state index in [1.54, 1.807) is 13.0 Å². The number of anilines is 1. The summed E-state index contributed by atoms with van der Waals surface area (Å²) in [6, 6.07) is 1.66. The number of hydrogen-bond acceptors (Lipinski definition) is 6. The number of aromatic nitrogens is 4. The van der Waals surface area contributed by atoms with Crippen molar-refractivity contribution in [2.24, 2.45) is 0 Å². The third kappa shape index (κ3) is 2.20. The Bertz CT molecular complexity index is 656. The molecule has 102 valence electrons. The minimum Gasteiger partial charge on any atom is -0.386 e. The standard InChI is InChI=1S/C11H15N5O3/c1-7-13-8(4-9-14-15-10(17)16(7)9)12-5-11(18)2-3-19-6-11/h4,12,18H,2-3,5-6H2,1H3,(H,15,17). The molecule has 2 aromatic rings. The minimum absolute atomic E-state index is 0.311. The first-order valence-electron chi connectivity index (χ1n) is 6.06. The van der Waals surface area contributed by atoms with Gasteiger partial charge in [0, 0.05) is 25.6 Å². The van der Waals surface area contributed by atoms with E-state index >= 15 is 0 Å². The van der Waals surface area contributed by atoms with Gasteiger partial charge in [0.05, 0.1) is 6.61 Å². The van der Waals surface area contributed by atoms with Gasteiger partial charge in [-0.25, -0.2) is 19.3 Å². The van der Waals surface area contributed by atoms with Crippen LogP contribution in [0.2, 0.25) is 0 Å². The van der Waals surface area contributed by atoms with E-state index in [2.05, 4.69) is 20.5 Å². The summed E-state index contributed by atoms with van der Waals surface area (Å²) in [5.41, 5.74) is -0.670. The van der Waals surface area contributed by atoms with Crippen molar-refractivity contribution in [3.63, 3.8) is 0 Å². The van der Waals surface area contributed by atoms with Gasteiger partial charge in [0.1, 0.15) is 17.2 Å². The van der Waals surface area contributed by atoms with Crippen LogP contribution in [-0.2, 0) is 4.74 Å². The molecule has 3 heterocycles. The molecule has 0 spiro atoms. The molecule has 3 rings (SSSR count). The summed E-state index contributed by atoms with van der Waals surface area (Å²) in [6.45, 7) is 2.97. The van der Waals surface area contributed by atoms with Crippen LogP contribution in [0.1, 0.15) is 12.2 Å². The van der Waals surface area contributed by atoms with Crippen LogP contribution in [0.15, 0.2) is 10.9 Å². The van der Waals surface area contributed by atoms with Crippen molar-refractivity contribution in [2.75, 3.05) is 25.1 Å². The minimum atomic E-state index is -0.854. The SMILES string of the molecule is Cc1nc(NCC2(O)CCOC2)cc2n[nH]c(=O)n12. The maximum Gasteiger partial charge on any atom is 0.349 e. The number of aryl methyl sites for hydroxylation is 1. The molecule has 1 aliphatic rings. The highest BCUT2D eigenvalue weighted by atomic mass is 16.5. The Labute approximate surface area is 108 Å². The van der Waals surface area contributed by atoms with Crippen molar-refractivity contribution < 1.29 is 9.84 Å². The lowest BCUT2D eigenvalue weighted by atomic mass is 10.0. The molecule has 1 atom stereocenters. The molecule has 8 nitrogen and oxygen atoms in total. The lowest BCUT2D eigenvalue weighted by Gasteiger charge is -2.21. The first-order valence-corrected chi connectivity index (χ1v) is 6.06. The maximum absolute atomic E-state index is 11.5. The number of ether oxygens (including phenoxy) is 1. The maximum atomic E-state index is 11.5. The van der Waals surface area contributed by atoms with Crippen LogP contribution in [0.5, 0.6) is 0 Å². The van der Waals surface area contributed by atoms with E-state index in [1.807, 2.05) is 0 Å². The van der Waals surface area contributed by atoms with Crippen LogP contribution < -0.4 is 11.0 Å². The Morgan fingerprint density at radius 2 is 2.53 bits per heavy atom. The lowest BCUT2D eigenvalue weighted by Crippen LogP contribution is -2.37. The second kappa shape index (κ2) is 4.32. The van der Waals surface area contributed by atoms with Crippen LogP contribution >= 0.6 is 0 Å². The van der Waals surface area contributed by atoms with E-state index in [0.29, 0.717) is 43.5 Å². The topological polar surface area (TPSA) is 105 Å². The van der Waals surface area contributed by atoms with Gasteiger partial charge in [0.25, 0.3) is 0 Å². The molecule has 1 aliphatic heterocycles. The fraction of sp³-hybridized carbons (Fsp3) is 0.545. The van der Waals surface area contributed by atoms with Crippen molar-refractivity contribution >= 4 is 11.5 Å². The second-order valence-corrected chi connectivity index (χ2v) is 4.79. The normalized spacial score (nSPS) is 23.1. The van der Waals surface area contributed by atoms with Gasteiger partial charge < -0.3 is 15.2 Å². The van der Waals surface area contributed by atoms with Gasteiger partial charge in [0.2, 0.25) is 0 Å². The number of rotatable bonds is 3. The Balaban J connectivity index is 1.83. The van der Waals surface area contributed by atoms with E-state index in [1.165, 1.54) is 4.40 Å². The number of fused-ring (bicyclic) bond motifs is 1. The average Bonchev–Trinajstić information content (AvgIpc) is 2.95. The van der Waals surface area contributed by atoms with E-state index in [0.717, 1.165) is 0 Å². The van der Waals surface area contributed by atoms with Crippen LogP contribution in [0.3, 0.4) is 0 Å². The van der Waals surface area contributed by atoms with E-state index in [-0.39, 0.29) is 5.69 Å². The summed E-state index contributed by atoms with van der Waals surface area (Å²) in [7, 11) is 0. The van der Waals surface area contributed by atoms with Crippen molar-refractivity contribution in [1.29, 1.82) is 0 Å². The molecule has 1 fully saturated rings. The van der Waals surface area contributed by atoms with Gasteiger partial charge in [-0.2, -0.15) is 5.10 Å². The molecule has 19 heavy (non-hydrogen) atoms. The molecule has 0 bridgehead atoms. The van der Waals surface area contributed by atoms with Gasteiger partial charge in [-0.05, 0) is 6.92 Å². The monoisotopic (exact) mass is 265 g/mol. The van der Waals surface area contributed by atoms with Crippen molar-refractivity contribution in [2.45, 2.75) is 18.9 Å². The van der Waals surface area contributed by atoms with Gasteiger partial charge in [-0.15, -0.1) is 0 Å². The van der Waals surface area contributed by atoms with E-state index in [9.17, 15) is 9.90 Å². The smallest absolute Gasteiger partial charge is 0.349 e. The third-order valence-corrected chi connectivity index (χ3v) is 3.25. The Hall–Kier alpha value is -1.93. The predicted molar refractivity (Wildman–Crippen MR) is 67.2 cm³/mol. The molecular formula is C11H15N5O3. The zero-order valence-electron chi connectivity index (χ0n) is 10.5. The molecule has 0 aliphatic carbocycles. The van der Waals surface area contributed by atoms with Crippen LogP contribution in [0.4, 0.5) is 5.82 Å². The predicted octanol–water partition coefficient (Wildman–Crippen LogP) is -0.711. The Morgan fingerprint density at radius 1 is 1.68 bits per heavy atom. The summed E-state index contributed by atoms with van der Waals surface area (Å²) >= 11 is 0. The van der Waals surface area contributed by atoms with Crippen molar-refractivity contribution in [1.82, 2.24) is 19.6 Å². The summed E-state index contributed by atoms with van der Waals surface area (Å²) < 4.78 is 6.56. The fourth-order valence-corrected chi connectivity index (χ4v) is 2.18. The van der Waals surface area contributed by atoms with Gasteiger partial charge in [-0.3, -0.25) is 0 Å². The first kappa shape index (κ1) is 12.1. The molecule has 1 saturated heterocycles. The Morgan fingerprint density at radius 3 is 3.26 bits per heavy atom. The molecule has 0 radical (unpaired) electrons. The van der Waals surface area contributed by atoms with Gasteiger partial charge in [-0.1, -0.05) is 0 Å². The molecular weight excluding hydrogens is 250 g/mol. The number of H-pyrrole nitrogens is 1. The number of aliphatic hydroxyl groups is 1. The first-order chi connectivity index (χ1) is 9.07. The van der Waals surface area contributed by atoms with Crippen LogP contribution in [0, 0.1) is 6.92 Å². The summed E-state index contributed by atoms with van der Waals surface area (Å²) in [6.07, 6.45) is 0.600. The Kier molecular flexibility index (Phi) is 2.76. The van der Waals surface area contributed by atoms with Crippen LogP contribution in [-0.4, -0.2) is 50.0 Å². The molecule has 3 N–H and O–H groups in total. The summed E-state index contributed by atoms with van der Waals surface area (Å²) in [5.74, 6) is 1.11. The lowest BCUT2D eigenvalue weighted by molar-refractivity contribution is 0.0381. The zero-order chi connectivity index (χ0) is 13.5. The van der Waals surface area contributed by atoms with Gasteiger partial charge >= 0.3 is 5.69 Å². The molecule has 8 heteroatoms. The largest absolute Gasteiger partial charge is 0.386 e. The van der Waals surface area contributed by atoms with E-state index in [4.69, 9.17) is 4.74 Å². The number of nitrogens with one attached hydrogen (secondary N) is 2. The average molecular weight is 265 g/mol. The highest BCUT2D eigenvalue weighted by Gasteiger charge is 2.32. The fourth-order valence-electron chi connectivity index (χ4n) is 2.18. The molecule has 0 amide bonds. The summed E-state index contributed by atoms with van der Waals surface area (Å²) in [5, 5.41) is 19.5. The number of hydrogen-bond donors (Lipinski definition) is 3. The van der Waals surface area contributed by atoms with Gasteiger partial charge in [0.15, 0.2) is 5.65 Å². The summed E-state index contributed by atoms with van der Waals surface area (Å²) in [4.78, 5) is 15.7.